The minimum atomic E-state index is 1.10. The molecule has 27 heavy (non-hydrogen) atoms. The van der Waals surface area contributed by atoms with Gasteiger partial charge in [0.1, 0.15) is 0 Å². The van der Waals surface area contributed by atoms with Crippen molar-refractivity contribution in [2.45, 2.75) is 6.92 Å². The second kappa shape index (κ2) is 6.33. The van der Waals surface area contributed by atoms with E-state index in [0.29, 0.717) is 0 Å². The van der Waals surface area contributed by atoms with Gasteiger partial charge in [-0.05, 0) is 48.9 Å². The number of aromatic nitrogens is 1. The molecule has 130 valence electrons. The van der Waals surface area contributed by atoms with E-state index in [4.69, 9.17) is 0 Å². The molecule has 0 saturated heterocycles. The van der Waals surface area contributed by atoms with Crippen LogP contribution in [0, 0.1) is 6.92 Å². The van der Waals surface area contributed by atoms with Crippen molar-refractivity contribution < 1.29 is 0 Å². The number of hydrogen-bond acceptors (Lipinski definition) is 1. The smallest absolute Gasteiger partial charge is 0.0776 e. The fourth-order valence-electron chi connectivity index (χ4n) is 3.84. The van der Waals surface area contributed by atoms with Crippen LogP contribution in [-0.2, 0) is 0 Å². The Kier molecular flexibility index (Phi) is 3.68. The van der Waals surface area contributed by atoms with Crippen LogP contribution in [0.4, 0.5) is 11.4 Å². The third kappa shape index (κ3) is 2.67. The lowest BCUT2D eigenvalue weighted by atomic mass is 10.1. The van der Waals surface area contributed by atoms with Gasteiger partial charge >= 0.3 is 0 Å². The van der Waals surface area contributed by atoms with Gasteiger partial charge in [-0.3, -0.25) is 0 Å². The normalized spacial score (nSPS) is 11.1. The van der Waals surface area contributed by atoms with Crippen LogP contribution in [0.25, 0.3) is 27.5 Å². The number of hydrogen-bond donors (Lipinski definition) is 1. The molecule has 1 N–H and O–H groups in total. The fourth-order valence-corrected chi connectivity index (χ4v) is 3.84. The molecule has 2 nitrogen and oxygen atoms in total. The average molecular weight is 348 g/mol. The third-order valence-corrected chi connectivity index (χ3v) is 5.01. The molecule has 0 bridgehead atoms. The van der Waals surface area contributed by atoms with Crippen molar-refractivity contribution in [2.24, 2.45) is 0 Å². The van der Waals surface area contributed by atoms with Gasteiger partial charge in [-0.2, -0.15) is 0 Å². The molecule has 4 aromatic carbocycles. The first-order chi connectivity index (χ1) is 13.3. The summed E-state index contributed by atoms with van der Waals surface area (Å²) >= 11 is 0. The molecule has 0 unspecified atom stereocenters. The fraction of sp³-hybridized carbons (Fsp3) is 0.0400. The molecule has 0 fully saturated rings. The number of aryl methyl sites for hydroxylation is 1. The quantitative estimate of drug-likeness (QED) is 0.378. The van der Waals surface area contributed by atoms with E-state index in [1.54, 1.807) is 0 Å². The van der Waals surface area contributed by atoms with Crippen molar-refractivity contribution in [1.82, 2.24) is 4.57 Å². The summed E-state index contributed by atoms with van der Waals surface area (Å²) < 4.78 is 2.35. The number of nitrogens with one attached hydrogen (secondary N) is 1. The van der Waals surface area contributed by atoms with Crippen molar-refractivity contribution >= 4 is 33.2 Å². The number of para-hydroxylation sites is 3. The van der Waals surface area contributed by atoms with Crippen molar-refractivity contribution in [3.8, 4) is 5.69 Å². The Bertz CT molecular complexity index is 1250. The minimum Gasteiger partial charge on any atom is -0.354 e. The SMILES string of the molecule is Cc1cccc(Nc2cccc3c4ccccc4n(-c4ccccc4)c23)c1. The van der Waals surface area contributed by atoms with Gasteiger partial charge in [0.05, 0.1) is 16.7 Å². The molecular formula is C25H20N2. The summed E-state index contributed by atoms with van der Waals surface area (Å²) in [7, 11) is 0. The van der Waals surface area contributed by atoms with Crippen LogP contribution in [0.5, 0.6) is 0 Å². The molecule has 0 aliphatic rings. The Morgan fingerprint density at radius 3 is 2.26 bits per heavy atom. The zero-order valence-corrected chi connectivity index (χ0v) is 15.2. The number of fused-ring (bicyclic) bond motifs is 3. The number of rotatable bonds is 3. The van der Waals surface area contributed by atoms with E-state index in [9.17, 15) is 0 Å². The Morgan fingerprint density at radius 2 is 1.41 bits per heavy atom. The van der Waals surface area contributed by atoms with E-state index in [-0.39, 0.29) is 0 Å². The minimum absolute atomic E-state index is 1.10. The van der Waals surface area contributed by atoms with Crippen LogP contribution in [0.1, 0.15) is 5.56 Å². The maximum absolute atomic E-state index is 3.64. The maximum atomic E-state index is 3.64. The van der Waals surface area contributed by atoms with Gasteiger partial charge in [0, 0.05) is 22.1 Å². The number of nitrogens with zero attached hydrogens (tertiary/aromatic N) is 1. The first kappa shape index (κ1) is 15.7. The summed E-state index contributed by atoms with van der Waals surface area (Å²) in [5.41, 5.74) is 7.05. The lowest BCUT2D eigenvalue weighted by Gasteiger charge is -2.13. The highest BCUT2D eigenvalue weighted by Crippen LogP contribution is 2.37. The second-order valence-electron chi connectivity index (χ2n) is 6.88. The third-order valence-electron chi connectivity index (χ3n) is 5.01. The number of anilines is 2. The van der Waals surface area contributed by atoms with E-state index >= 15 is 0 Å². The molecule has 0 amide bonds. The Hall–Kier alpha value is -3.52. The van der Waals surface area contributed by atoms with Gasteiger partial charge < -0.3 is 9.88 Å². The molecule has 0 spiro atoms. The molecule has 0 radical (unpaired) electrons. The summed E-state index contributed by atoms with van der Waals surface area (Å²) in [5, 5.41) is 6.16. The molecule has 5 rings (SSSR count). The molecule has 1 aromatic heterocycles. The first-order valence-corrected chi connectivity index (χ1v) is 9.22. The second-order valence-corrected chi connectivity index (χ2v) is 6.88. The van der Waals surface area contributed by atoms with Crippen LogP contribution in [0.2, 0.25) is 0 Å². The molecule has 0 aliphatic carbocycles. The van der Waals surface area contributed by atoms with Crippen LogP contribution >= 0.6 is 0 Å². The van der Waals surface area contributed by atoms with E-state index in [1.165, 1.54) is 33.1 Å². The van der Waals surface area contributed by atoms with Gasteiger partial charge in [0.25, 0.3) is 0 Å². The Balaban J connectivity index is 1.83. The van der Waals surface area contributed by atoms with Crippen molar-refractivity contribution in [2.75, 3.05) is 5.32 Å². The Labute approximate surface area is 158 Å². The molecule has 5 aromatic rings. The molecule has 0 saturated carbocycles. The molecule has 2 heteroatoms. The summed E-state index contributed by atoms with van der Waals surface area (Å²) in [6.45, 7) is 2.12. The van der Waals surface area contributed by atoms with Crippen molar-refractivity contribution in [1.29, 1.82) is 0 Å². The average Bonchev–Trinajstić information content (AvgIpc) is 3.04. The predicted molar refractivity (Wildman–Crippen MR) is 115 cm³/mol. The monoisotopic (exact) mass is 348 g/mol. The summed E-state index contributed by atoms with van der Waals surface area (Å²) in [6, 6.07) is 34.2. The van der Waals surface area contributed by atoms with Crippen molar-refractivity contribution in [3.63, 3.8) is 0 Å². The largest absolute Gasteiger partial charge is 0.354 e. The maximum Gasteiger partial charge on any atom is 0.0776 e. The lowest BCUT2D eigenvalue weighted by Crippen LogP contribution is -1.98. The highest BCUT2D eigenvalue weighted by atomic mass is 15.0. The summed E-state index contributed by atoms with van der Waals surface area (Å²) in [4.78, 5) is 0. The van der Waals surface area contributed by atoms with Gasteiger partial charge in [0.15, 0.2) is 0 Å². The molecule has 0 aliphatic heterocycles. The van der Waals surface area contributed by atoms with Gasteiger partial charge in [-0.1, -0.05) is 60.7 Å². The van der Waals surface area contributed by atoms with Crippen LogP contribution < -0.4 is 5.32 Å². The number of benzene rings is 4. The molecule has 0 atom stereocenters. The van der Waals surface area contributed by atoms with Crippen LogP contribution in [0.15, 0.2) is 97.1 Å². The molecule has 1 heterocycles. The first-order valence-electron chi connectivity index (χ1n) is 9.22. The zero-order valence-electron chi connectivity index (χ0n) is 15.2. The van der Waals surface area contributed by atoms with Crippen LogP contribution in [0.3, 0.4) is 0 Å². The lowest BCUT2D eigenvalue weighted by molar-refractivity contribution is 1.18. The topological polar surface area (TPSA) is 17.0 Å². The zero-order chi connectivity index (χ0) is 18.2. The highest BCUT2D eigenvalue weighted by molar-refractivity contribution is 6.13. The highest BCUT2D eigenvalue weighted by Gasteiger charge is 2.15. The van der Waals surface area contributed by atoms with Gasteiger partial charge in [0.2, 0.25) is 0 Å². The van der Waals surface area contributed by atoms with E-state index in [1.807, 2.05) is 0 Å². The van der Waals surface area contributed by atoms with E-state index in [0.717, 1.165) is 11.4 Å². The summed E-state index contributed by atoms with van der Waals surface area (Å²) in [5.74, 6) is 0. The van der Waals surface area contributed by atoms with Gasteiger partial charge in [-0.25, -0.2) is 0 Å². The standard InChI is InChI=1S/C25H20N2/c1-18-9-7-10-19(17-18)26-23-15-8-14-22-21-13-5-6-16-24(21)27(25(22)23)20-11-3-2-4-12-20/h2-17,26H,1H3. The van der Waals surface area contributed by atoms with Gasteiger partial charge in [-0.15, -0.1) is 0 Å². The molecular weight excluding hydrogens is 328 g/mol. The van der Waals surface area contributed by atoms with E-state index < -0.39 is 0 Å². The van der Waals surface area contributed by atoms with Crippen LogP contribution in [-0.4, -0.2) is 4.57 Å². The van der Waals surface area contributed by atoms with E-state index in [2.05, 4.69) is 114 Å². The predicted octanol–water partition coefficient (Wildman–Crippen LogP) is 6.84. The Morgan fingerprint density at radius 1 is 0.667 bits per heavy atom. The van der Waals surface area contributed by atoms with Crippen molar-refractivity contribution in [3.05, 3.63) is 103 Å². The summed E-state index contributed by atoms with van der Waals surface area (Å²) in [6.07, 6.45) is 0.